The van der Waals surface area contributed by atoms with Crippen LogP contribution < -0.4 is 9.80 Å². The Morgan fingerprint density at radius 3 is 1.20 bits per heavy atom. The molecule has 4 aromatic rings. The van der Waals surface area contributed by atoms with Crippen molar-refractivity contribution in [1.29, 1.82) is 10.5 Å². The van der Waals surface area contributed by atoms with Crippen LogP contribution in [0.5, 0.6) is 0 Å². The summed E-state index contributed by atoms with van der Waals surface area (Å²) in [5.74, 6) is -4.12. The minimum absolute atomic E-state index is 0.0404. The summed E-state index contributed by atoms with van der Waals surface area (Å²) in [5, 5.41) is 44.4. The highest BCUT2D eigenvalue weighted by atomic mass is 28.4. The molecule has 0 spiro atoms. The standard InChI is InChI=1S/2C29H36N2O5Si/c2*1-7-29-22(32)16-28(36-29,14-15-35-37(5,6)27(2,3)4)23-24(29)26(34)31(25(23)33)21-13-12-18(17-30)19-10-8-9-11-20(19)21/h2*8-13,22-24,32H,7,14-16H2,1-6H3/t2*22-,23+,24-,28?,29?/m00/s1. The molecule has 4 amide bonds. The average Bonchev–Trinajstić information content (AvgIpc) is 4.13. The van der Waals surface area contributed by atoms with Gasteiger partial charge >= 0.3 is 0 Å². The molecule has 10 atom stereocenters. The fourth-order valence-corrected chi connectivity index (χ4v) is 15.1. The number of carbonyl (C=O) groups excluding carboxylic acids is 4. The first-order valence-corrected chi connectivity index (χ1v) is 32.1. The second-order valence-electron chi connectivity index (χ2n) is 24.6. The molecule has 0 aliphatic carbocycles. The predicted octanol–water partition coefficient (Wildman–Crippen LogP) is 9.82. The molecule has 4 aromatic carbocycles. The third kappa shape index (κ3) is 7.80. The van der Waals surface area contributed by atoms with Gasteiger partial charge in [0.15, 0.2) is 16.6 Å². The second kappa shape index (κ2) is 18.3. The Labute approximate surface area is 437 Å². The molecule has 74 heavy (non-hydrogen) atoms. The second-order valence-corrected chi connectivity index (χ2v) is 34.2. The van der Waals surface area contributed by atoms with E-state index in [-0.39, 0.29) is 33.7 Å². The van der Waals surface area contributed by atoms with Crippen LogP contribution in [0.3, 0.4) is 0 Å². The zero-order valence-corrected chi connectivity index (χ0v) is 47.0. The van der Waals surface area contributed by atoms with E-state index in [1.807, 2.05) is 62.4 Å². The minimum Gasteiger partial charge on any atom is -0.417 e. The van der Waals surface area contributed by atoms with Crippen LogP contribution in [-0.2, 0) is 37.5 Å². The van der Waals surface area contributed by atoms with Crippen molar-refractivity contribution in [3.63, 3.8) is 0 Å². The van der Waals surface area contributed by atoms with Gasteiger partial charge in [-0.15, -0.1) is 0 Å². The lowest BCUT2D eigenvalue weighted by Crippen LogP contribution is -2.51. The van der Waals surface area contributed by atoms with Crippen molar-refractivity contribution < 1.29 is 47.7 Å². The Balaban J connectivity index is 0.000000182. The van der Waals surface area contributed by atoms with Crippen molar-refractivity contribution in [3.8, 4) is 12.1 Å². The molecular weight excluding hydrogens is 969 g/mol. The van der Waals surface area contributed by atoms with Gasteiger partial charge in [0.25, 0.3) is 0 Å². The number of aliphatic hydroxyl groups is 2. The number of fused-ring (bicyclic) bond motifs is 12. The largest absolute Gasteiger partial charge is 0.417 e. The fourth-order valence-electron chi connectivity index (χ4n) is 13.0. The van der Waals surface area contributed by atoms with Gasteiger partial charge in [-0.25, -0.2) is 9.80 Å². The first-order valence-electron chi connectivity index (χ1n) is 26.3. The van der Waals surface area contributed by atoms with E-state index in [4.69, 9.17) is 18.3 Å². The monoisotopic (exact) mass is 1040 g/mol. The number of anilines is 2. The number of rotatable bonds is 12. The van der Waals surface area contributed by atoms with Crippen molar-refractivity contribution >= 4 is 73.2 Å². The van der Waals surface area contributed by atoms with Gasteiger partial charge < -0.3 is 28.5 Å². The maximum atomic E-state index is 14.1. The molecule has 0 radical (unpaired) electrons. The number of nitrogens with zero attached hydrogens (tertiary/aromatic N) is 4. The number of benzene rings is 4. The SMILES string of the molecule is CCC12OC(CCO[Si](C)(C)C(C)(C)C)(C[C@@H]1O)[C@H]1C(=O)N(c3ccc(C#N)c4ccccc34)C(=O)[C@H]12.CCC12OC(CCO[Si](C)(C)C(C)(C)C)(C[C@@H]1O)[C@H]1C(=O)N(c3ccc(C#N)c4ccccc34)C(=O)[C@H]12. The molecule has 392 valence electrons. The van der Waals surface area contributed by atoms with Gasteiger partial charge in [-0.05, 0) is 86.2 Å². The Kier molecular flexibility index (Phi) is 13.2. The summed E-state index contributed by atoms with van der Waals surface area (Å²) in [7, 11) is -4.06. The van der Waals surface area contributed by atoms with E-state index in [1.165, 1.54) is 9.80 Å². The molecule has 4 unspecified atom stereocenters. The molecule has 6 aliphatic rings. The summed E-state index contributed by atoms with van der Waals surface area (Å²) in [5.41, 5.74) is -2.16. The Hall–Kier alpha value is -5.15. The van der Waals surface area contributed by atoms with E-state index in [0.29, 0.717) is 95.8 Å². The van der Waals surface area contributed by atoms with E-state index in [9.17, 15) is 39.9 Å². The van der Waals surface area contributed by atoms with Crippen molar-refractivity contribution in [2.75, 3.05) is 23.0 Å². The highest BCUT2D eigenvalue weighted by molar-refractivity contribution is 6.74. The van der Waals surface area contributed by atoms with Crippen molar-refractivity contribution in [2.24, 2.45) is 23.7 Å². The Morgan fingerprint density at radius 2 is 0.892 bits per heavy atom. The quantitative estimate of drug-likeness (QED) is 0.101. The number of aliphatic hydroxyl groups excluding tert-OH is 2. The zero-order valence-electron chi connectivity index (χ0n) is 45.0. The van der Waals surface area contributed by atoms with Crippen LogP contribution in [0, 0.1) is 46.3 Å². The summed E-state index contributed by atoms with van der Waals surface area (Å²) in [6.45, 7) is 26.5. The highest BCUT2D eigenvalue weighted by Gasteiger charge is 2.79. The molecule has 16 heteroatoms. The van der Waals surface area contributed by atoms with Crippen LogP contribution >= 0.6 is 0 Å². The molecule has 6 heterocycles. The molecule has 4 bridgehead atoms. The fraction of sp³-hybridized carbons (Fsp3) is 0.552. The predicted molar refractivity (Wildman–Crippen MR) is 287 cm³/mol. The van der Waals surface area contributed by atoms with E-state index < -0.39 is 74.9 Å². The van der Waals surface area contributed by atoms with Crippen LogP contribution in [0.4, 0.5) is 11.4 Å². The van der Waals surface area contributed by atoms with Gasteiger partial charge in [0, 0.05) is 47.6 Å². The molecule has 6 fully saturated rings. The van der Waals surface area contributed by atoms with Crippen molar-refractivity contribution in [3.05, 3.63) is 83.9 Å². The van der Waals surface area contributed by atoms with E-state index in [0.717, 1.165) is 0 Å². The topological polar surface area (TPSA) is 200 Å². The first kappa shape index (κ1) is 53.7. The number of hydrogen-bond donors (Lipinski definition) is 2. The first-order chi connectivity index (χ1) is 34.7. The van der Waals surface area contributed by atoms with E-state index in [1.54, 1.807) is 24.3 Å². The number of nitriles is 2. The number of hydrogen-bond acceptors (Lipinski definition) is 12. The molecule has 14 nitrogen and oxygen atoms in total. The van der Waals surface area contributed by atoms with Gasteiger partial charge in [-0.1, -0.05) is 104 Å². The molecule has 10 rings (SSSR count). The summed E-state index contributed by atoms with van der Waals surface area (Å²) in [6, 6.07) is 25.7. The maximum Gasteiger partial charge on any atom is 0.240 e. The van der Waals surface area contributed by atoms with E-state index in [2.05, 4.69) is 79.9 Å². The zero-order chi connectivity index (χ0) is 53.9. The molecule has 0 aromatic heterocycles. The molecule has 6 saturated heterocycles. The number of carbonyl (C=O) groups is 4. The third-order valence-electron chi connectivity index (χ3n) is 19.0. The smallest absolute Gasteiger partial charge is 0.240 e. The van der Waals surface area contributed by atoms with Gasteiger partial charge in [-0.2, -0.15) is 10.5 Å². The average molecular weight is 1040 g/mol. The molecule has 0 saturated carbocycles. The molecule has 2 N–H and O–H groups in total. The Morgan fingerprint density at radius 1 is 0.568 bits per heavy atom. The van der Waals surface area contributed by atoms with Crippen molar-refractivity contribution in [1.82, 2.24) is 0 Å². The van der Waals surface area contributed by atoms with Gasteiger partial charge in [0.2, 0.25) is 23.6 Å². The normalized spacial score (nSPS) is 31.3. The third-order valence-corrected chi connectivity index (χ3v) is 28.1. The Bertz CT molecular complexity index is 2860. The van der Waals surface area contributed by atoms with Crippen LogP contribution in [0.1, 0.15) is 105 Å². The van der Waals surface area contributed by atoms with Crippen LogP contribution in [0.2, 0.25) is 36.3 Å². The summed E-state index contributed by atoms with van der Waals surface area (Å²) in [6.07, 6.45) is 0.707. The summed E-state index contributed by atoms with van der Waals surface area (Å²) >= 11 is 0. The lowest BCUT2D eigenvalue weighted by atomic mass is 9.64. The van der Waals surface area contributed by atoms with Crippen LogP contribution in [-0.4, -0.2) is 98.3 Å². The minimum atomic E-state index is -2.03. The van der Waals surface area contributed by atoms with E-state index >= 15 is 0 Å². The van der Waals surface area contributed by atoms with Crippen molar-refractivity contribution in [2.45, 2.75) is 165 Å². The highest BCUT2D eigenvalue weighted by Crippen LogP contribution is 2.65. The summed E-state index contributed by atoms with van der Waals surface area (Å²) < 4.78 is 26.1. The maximum absolute atomic E-state index is 14.1. The van der Waals surface area contributed by atoms with Crippen LogP contribution in [0.15, 0.2) is 72.8 Å². The van der Waals surface area contributed by atoms with Crippen LogP contribution in [0.25, 0.3) is 21.5 Å². The number of ether oxygens (including phenoxy) is 2. The molecular formula is C58H72N4O10Si2. The number of amides is 4. The van der Waals surface area contributed by atoms with Gasteiger partial charge in [0.1, 0.15) is 11.2 Å². The summed E-state index contributed by atoms with van der Waals surface area (Å²) in [4.78, 5) is 58.9. The van der Waals surface area contributed by atoms with Gasteiger partial charge in [0.05, 0.1) is 81.7 Å². The van der Waals surface area contributed by atoms with Gasteiger partial charge in [-0.3, -0.25) is 19.2 Å². The lowest BCUT2D eigenvalue weighted by Gasteiger charge is -2.38. The lowest BCUT2D eigenvalue weighted by molar-refractivity contribution is -0.138. The number of imide groups is 2. The molecule has 6 aliphatic heterocycles.